The summed E-state index contributed by atoms with van der Waals surface area (Å²) in [5.74, 6) is -0.0246. The van der Waals surface area contributed by atoms with E-state index in [0.717, 1.165) is 23.5 Å². The molecule has 0 saturated carbocycles. The van der Waals surface area contributed by atoms with Gasteiger partial charge in [0.05, 0.1) is 10.6 Å². The van der Waals surface area contributed by atoms with Crippen molar-refractivity contribution >= 4 is 29.7 Å². The number of halogens is 1. The molecular formula is C21H21ClN2O2S. The van der Waals surface area contributed by atoms with Gasteiger partial charge < -0.3 is 10.1 Å². The van der Waals surface area contributed by atoms with Crippen molar-refractivity contribution in [1.82, 2.24) is 10.3 Å². The minimum absolute atomic E-state index is 0. The highest BCUT2D eigenvalue weighted by Crippen LogP contribution is 2.30. The van der Waals surface area contributed by atoms with Crippen LogP contribution in [0.3, 0.4) is 0 Å². The molecule has 2 atom stereocenters. The Morgan fingerprint density at radius 1 is 1.07 bits per heavy atom. The summed E-state index contributed by atoms with van der Waals surface area (Å²) in [5.41, 5.74) is 2.10. The van der Waals surface area contributed by atoms with E-state index < -0.39 is 0 Å². The lowest BCUT2D eigenvalue weighted by molar-refractivity contribution is 0.0188. The van der Waals surface area contributed by atoms with Gasteiger partial charge in [-0.15, -0.1) is 23.7 Å². The topological polar surface area (TPSA) is 51.2 Å². The molecule has 1 fully saturated rings. The Bertz CT molecular complexity index is 870. The summed E-state index contributed by atoms with van der Waals surface area (Å²) in [5, 5.41) is 3.34. The number of nitrogens with zero attached hydrogens (tertiary/aromatic N) is 1. The molecule has 3 aromatic rings. The fourth-order valence-corrected chi connectivity index (χ4v) is 4.19. The molecule has 0 bridgehead atoms. The molecule has 4 rings (SSSR count). The van der Waals surface area contributed by atoms with E-state index in [9.17, 15) is 4.79 Å². The molecule has 27 heavy (non-hydrogen) atoms. The number of rotatable bonds is 4. The average molecular weight is 401 g/mol. The molecule has 6 heteroatoms. The fourth-order valence-electron chi connectivity index (χ4n) is 3.32. The van der Waals surface area contributed by atoms with Crippen molar-refractivity contribution in [3.63, 3.8) is 0 Å². The number of benzene rings is 1. The number of nitrogens with one attached hydrogen (secondary N) is 1. The van der Waals surface area contributed by atoms with E-state index in [2.05, 4.69) is 22.4 Å². The van der Waals surface area contributed by atoms with Crippen LogP contribution in [0.1, 0.15) is 27.6 Å². The number of piperidine rings is 1. The first-order valence-electron chi connectivity index (χ1n) is 8.79. The van der Waals surface area contributed by atoms with Crippen LogP contribution in [-0.4, -0.2) is 30.1 Å². The molecule has 4 nitrogen and oxygen atoms in total. The van der Waals surface area contributed by atoms with Crippen LogP contribution in [0, 0.1) is 0 Å². The second kappa shape index (κ2) is 9.13. The molecule has 0 spiro atoms. The summed E-state index contributed by atoms with van der Waals surface area (Å²) in [6, 6.07) is 19.8. The standard InChI is InChI=1S/C21H20N2O2S.ClH/c24-21(20-10-9-19(26-20)17-8-4-5-12-23-17)25-18-14-22-13-11-16(18)15-6-2-1-3-7-15;/h1-10,12,16,18,22H,11,13-14H2;1H/t16-,18+;/m0./s1. The number of aromatic nitrogens is 1. The third-order valence-electron chi connectivity index (χ3n) is 4.64. The van der Waals surface area contributed by atoms with Gasteiger partial charge in [0.1, 0.15) is 11.0 Å². The number of carbonyl (C=O) groups is 1. The van der Waals surface area contributed by atoms with Crippen molar-refractivity contribution in [2.24, 2.45) is 0 Å². The zero-order valence-corrected chi connectivity index (χ0v) is 16.3. The minimum atomic E-state index is -0.258. The quantitative estimate of drug-likeness (QED) is 0.653. The molecule has 140 valence electrons. The van der Waals surface area contributed by atoms with Gasteiger partial charge in [-0.05, 0) is 42.8 Å². The lowest BCUT2D eigenvalue weighted by Crippen LogP contribution is -2.42. The van der Waals surface area contributed by atoms with Crippen LogP contribution in [0.25, 0.3) is 10.6 Å². The third kappa shape index (κ3) is 4.56. The molecule has 1 aliphatic rings. The summed E-state index contributed by atoms with van der Waals surface area (Å²) in [6.07, 6.45) is 2.57. The van der Waals surface area contributed by atoms with Crippen molar-refractivity contribution in [1.29, 1.82) is 0 Å². The Morgan fingerprint density at radius 3 is 2.67 bits per heavy atom. The highest BCUT2D eigenvalue weighted by atomic mass is 35.5. The van der Waals surface area contributed by atoms with Crippen molar-refractivity contribution < 1.29 is 9.53 Å². The van der Waals surface area contributed by atoms with Gasteiger partial charge in [-0.1, -0.05) is 36.4 Å². The maximum Gasteiger partial charge on any atom is 0.348 e. The number of hydrogen-bond acceptors (Lipinski definition) is 5. The highest BCUT2D eigenvalue weighted by Gasteiger charge is 2.30. The molecular weight excluding hydrogens is 380 g/mol. The van der Waals surface area contributed by atoms with Gasteiger partial charge in [0.25, 0.3) is 0 Å². The first-order valence-corrected chi connectivity index (χ1v) is 9.61. The highest BCUT2D eigenvalue weighted by molar-refractivity contribution is 7.17. The molecule has 3 heterocycles. The van der Waals surface area contributed by atoms with Gasteiger partial charge in [0.15, 0.2) is 0 Å². The Labute approximate surface area is 169 Å². The van der Waals surface area contributed by atoms with Crippen molar-refractivity contribution in [2.75, 3.05) is 13.1 Å². The second-order valence-corrected chi connectivity index (χ2v) is 7.42. The van der Waals surface area contributed by atoms with Crippen LogP contribution >= 0.6 is 23.7 Å². The lowest BCUT2D eigenvalue weighted by Gasteiger charge is -2.32. The largest absolute Gasteiger partial charge is 0.456 e. The zero-order chi connectivity index (χ0) is 17.8. The van der Waals surface area contributed by atoms with Crippen molar-refractivity contribution in [3.8, 4) is 10.6 Å². The Kier molecular flexibility index (Phi) is 6.61. The maximum absolute atomic E-state index is 12.7. The minimum Gasteiger partial charge on any atom is -0.456 e. The number of pyridine rings is 1. The first-order chi connectivity index (χ1) is 12.8. The maximum atomic E-state index is 12.7. The summed E-state index contributed by atoms with van der Waals surface area (Å²) in [4.78, 5) is 18.6. The molecule has 1 saturated heterocycles. The van der Waals surface area contributed by atoms with Crippen LogP contribution in [0.2, 0.25) is 0 Å². The molecule has 0 aliphatic carbocycles. The van der Waals surface area contributed by atoms with Gasteiger partial charge in [0.2, 0.25) is 0 Å². The number of carbonyl (C=O) groups excluding carboxylic acids is 1. The third-order valence-corrected chi connectivity index (χ3v) is 5.72. The predicted octanol–water partition coefficient (Wildman–Crippen LogP) is 4.53. The number of hydrogen-bond donors (Lipinski definition) is 1. The first kappa shape index (κ1) is 19.5. The molecule has 0 unspecified atom stereocenters. The van der Waals surface area contributed by atoms with Gasteiger partial charge in [-0.3, -0.25) is 4.98 Å². The van der Waals surface area contributed by atoms with Gasteiger partial charge >= 0.3 is 5.97 Å². The normalized spacial score (nSPS) is 19.1. The fraction of sp³-hybridized carbons (Fsp3) is 0.238. The molecule has 2 aromatic heterocycles. The monoisotopic (exact) mass is 400 g/mol. The summed E-state index contributed by atoms with van der Waals surface area (Å²) >= 11 is 1.42. The number of ether oxygens (including phenoxy) is 1. The molecule has 1 N–H and O–H groups in total. The Morgan fingerprint density at radius 2 is 1.89 bits per heavy atom. The summed E-state index contributed by atoms with van der Waals surface area (Å²) < 4.78 is 5.88. The van der Waals surface area contributed by atoms with Crippen molar-refractivity contribution in [3.05, 3.63) is 77.3 Å². The SMILES string of the molecule is Cl.O=C(O[C@@H]1CNCC[C@H]1c1ccccc1)c1ccc(-c2ccccn2)s1. The predicted molar refractivity (Wildman–Crippen MR) is 111 cm³/mol. The van der Waals surface area contributed by atoms with Gasteiger partial charge in [0, 0.05) is 18.7 Å². The Balaban J connectivity index is 0.00000210. The van der Waals surface area contributed by atoms with Crippen molar-refractivity contribution in [2.45, 2.75) is 18.4 Å². The van der Waals surface area contributed by atoms with E-state index in [-0.39, 0.29) is 30.4 Å². The van der Waals surface area contributed by atoms with E-state index in [4.69, 9.17) is 4.74 Å². The van der Waals surface area contributed by atoms with Gasteiger partial charge in [-0.25, -0.2) is 4.79 Å². The van der Waals surface area contributed by atoms with Crippen LogP contribution in [0.4, 0.5) is 0 Å². The summed E-state index contributed by atoms with van der Waals surface area (Å²) in [7, 11) is 0. The van der Waals surface area contributed by atoms with Crippen LogP contribution in [0.5, 0.6) is 0 Å². The average Bonchev–Trinajstić information content (AvgIpc) is 3.20. The van der Waals surface area contributed by atoms with Crippen LogP contribution in [0.15, 0.2) is 66.9 Å². The second-order valence-electron chi connectivity index (χ2n) is 6.33. The number of esters is 1. The number of thiophene rings is 1. The zero-order valence-electron chi connectivity index (χ0n) is 14.7. The van der Waals surface area contributed by atoms with Crippen LogP contribution < -0.4 is 5.32 Å². The van der Waals surface area contributed by atoms with E-state index in [1.54, 1.807) is 6.20 Å². The van der Waals surface area contributed by atoms with Crippen LogP contribution in [-0.2, 0) is 4.74 Å². The Hall–Kier alpha value is -2.21. The van der Waals surface area contributed by atoms with Gasteiger partial charge in [-0.2, -0.15) is 0 Å². The smallest absolute Gasteiger partial charge is 0.348 e. The van der Waals surface area contributed by atoms with E-state index >= 15 is 0 Å². The van der Waals surface area contributed by atoms with E-state index in [1.165, 1.54) is 16.9 Å². The van der Waals surface area contributed by atoms with E-state index in [0.29, 0.717) is 11.4 Å². The summed E-state index contributed by atoms with van der Waals surface area (Å²) in [6.45, 7) is 1.63. The molecule has 0 amide bonds. The molecule has 0 radical (unpaired) electrons. The molecule has 1 aliphatic heterocycles. The molecule has 1 aromatic carbocycles. The van der Waals surface area contributed by atoms with E-state index in [1.807, 2.05) is 48.5 Å². The lowest BCUT2D eigenvalue weighted by atomic mass is 9.88.